The first-order valence-electron chi connectivity index (χ1n) is 18.6. The molecule has 0 unspecified atom stereocenters. The summed E-state index contributed by atoms with van der Waals surface area (Å²) in [6.45, 7) is 12.0. The molecule has 0 saturated carbocycles. The van der Waals surface area contributed by atoms with Gasteiger partial charge in [0.05, 0.1) is 11.1 Å². The van der Waals surface area contributed by atoms with Crippen LogP contribution in [0.5, 0.6) is 23.0 Å². The fraction of sp³-hybridized carbons (Fsp3) is 0.208. The fourth-order valence-corrected chi connectivity index (χ4v) is 8.07. The van der Waals surface area contributed by atoms with E-state index in [4.69, 9.17) is 9.47 Å². The fourth-order valence-electron chi connectivity index (χ4n) is 8.07. The molecular weight excluding hydrogens is 705 g/mol. The molecule has 56 heavy (non-hydrogen) atoms. The zero-order chi connectivity index (χ0) is 40.1. The number of aromatic hydroxyl groups is 4. The summed E-state index contributed by atoms with van der Waals surface area (Å²) in [6.07, 6.45) is 0. The minimum absolute atomic E-state index is 0.0888. The third kappa shape index (κ3) is 6.11. The number of phenolic OH excluding ortho intramolecular Hbond substituents is 4. The first-order valence-corrected chi connectivity index (χ1v) is 18.6. The third-order valence-electron chi connectivity index (χ3n) is 10.8. The second-order valence-corrected chi connectivity index (χ2v) is 15.1. The molecule has 8 nitrogen and oxygen atoms in total. The second-order valence-electron chi connectivity index (χ2n) is 15.1. The van der Waals surface area contributed by atoms with Crippen molar-refractivity contribution in [2.24, 2.45) is 0 Å². The standard InChI is InChI=1S/C28H30O4.C20H14O4/c1-15(2)20-13-23(17(5)11-25(20)29)28(22-10-8-7-9-19(22)27(31)32-28)24-14-21(16(3)4)26(30)12-18(24)6;21-15-9-5-13(6-10-15)20(14-7-11-16(22)12-8-14)18-4-2-1-3-17(18)19(23)24-20/h7-16,29-30H,1-6H3;1-12,21-22H. The van der Waals surface area contributed by atoms with E-state index in [1.807, 2.05) is 84.0 Å². The number of carbonyl (C=O) groups is 2. The van der Waals surface area contributed by atoms with Crippen LogP contribution in [0.1, 0.15) is 116 Å². The first kappa shape index (κ1) is 37.8. The minimum Gasteiger partial charge on any atom is -0.508 e. The molecule has 0 atom stereocenters. The molecule has 2 aliphatic heterocycles. The number of hydrogen-bond donors (Lipinski definition) is 4. The van der Waals surface area contributed by atoms with Crippen LogP contribution in [-0.4, -0.2) is 32.4 Å². The molecule has 0 spiro atoms. The zero-order valence-electron chi connectivity index (χ0n) is 32.1. The lowest BCUT2D eigenvalue weighted by atomic mass is 9.74. The van der Waals surface area contributed by atoms with Gasteiger partial charge in [-0.15, -0.1) is 0 Å². The Kier molecular flexibility index (Phi) is 9.62. The van der Waals surface area contributed by atoms with Crippen LogP contribution in [0.2, 0.25) is 0 Å². The summed E-state index contributed by atoms with van der Waals surface area (Å²) >= 11 is 0. The Labute approximate surface area is 326 Å². The average molecular weight is 749 g/mol. The lowest BCUT2D eigenvalue weighted by Gasteiger charge is -2.34. The van der Waals surface area contributed by atoms with E-state index in [0.717, 1.165) is 55.6 Å². The molecule has 0 aromatic heterocycles. The van der Waals surface area contributed by atoms with Gasteiger partial charge in [0, 0.05) is 33.4 Å². The predicted molar refractivity (Wildman–Crippen MR) is 214 cm³/mol. The third-order valence-corrected chi connectivity index (χ3v) is 10.8. The summed E-state index contributed by atoms with van der Waals surface area (Å²) in [5.41, 5.74) is 6.63. The number of ether oxygens (including phenoxy) is 2. The van der Waals surface area contributed by atoms with E-state index in [2.05, 4.69) is 0 Å². The summed E-state index contributed by atoms with van der Waals surface area (Å²) in [5.74, 6) is 0.148. The number of hydrogen-bond acceptors (Lipinski definition) is 8. The van der Waals surface area contributed by atoms with E-state index < -0.39 is 17.2 Å². The number of rotatable bonds is 6. The van der Waals surface area contributed by atoms with Crippen molar-refractivity contribution in [2.75, 3.05) is 0 Å². The number of carbonyl (C=O) groups excluding carboxylic acids is 2. The topological polar surface area (TPSA) is 134 Å². The monoisotopic (exact) mass is 748 g/mol. The van der Waals surface area contributed by atoms with Gasteiger partial charge < -0.3 is 29.9 Å². The van der Waals surface area contributed by atoms with Crippen molar-refractivity contribution in [3.05, 3.63) is 188 Å². The van der Waals surface area contributed by atoms with E-state index in [1.165, 1.54) is 0 Å². The van der Waals surface area contributed by atoms with E-state index in [9.17, 15) is 30.0 Å². The quantitative estimate of drug-likeness (QED) is 0.124. The smallest absolute Gasteiger partial charge is 0.340 e. The van der Waals surface area contributed by atoms with Gasteiger partial charge in [0.25, 0.3) is 0 Å². The average Bonchev–Trinajstić information content (AvgIpc) is 3.64. The highest BCUT2D eigenvalue weighted by molar-refractivity contribution is 5.97. The molecule has 8 rings (SSSR count). The Morgan fingerprint density at radius 2 is 0.821 bits per heavy atom. The molecule has 0 radical (unpaired) electrons. The predicted octanol–water partition coefficient (Wildman–Crippen LogP) is 9.98. The summed E-state index contributed by atoms with van der Waals surface area (Å²) in [4.78, 5) is 25.5. The van der Waals surface area contributed by atoms with Crippen molar-refractivity contribution in [1.82, 2.24) is 0 Å². The molecule has 2 aliphatic rings. The highest BCUT2D eigenvalue weighted by Crippen LogP contribution is 2.52. The maximum Gasteiger partial charge on any atom is 0.340 e. The molecule has 0 saturated heterocycles. The largest absolute Gasteiger partial charge is 0.508 e. The van der Waals surface area contributed by atoms with Crippen LogP contribution >= 0.6 is 0 Å². The van der Waals surface area contributed by atoms with Gasteiger partial charge in [-0.25, -0.2) is 9.59 Å². The van der Waals surface area contributed by atoms with E-state index in [0.29, 0.717) is 11.1 Å². The number of phenols is 4. The van der Waals surface area contributed by atoms with Crippen LogP contribution in [0, 0.1) is 13.8 Å². The number of cyclic esters (lactones) is 2. The number of esters is 2. The molecule has 0 fully saturated rings. The van der Waals surface area contributed by atoms with Crippen LogP contribution < -0.4 is 0 Å². The Bertz CT molecular complexity index is 2370. The van der Waals surface area contributed by atoms with Crippen molar-refractivity contribution < 1.29 is 39.5 Å². The SMILES string of the molecule is Cc1cc(O)c(C(C)C)cc1C1(c2cc(C(C)C)c(O)cc2C)OC(=O)c2ccccc21.O=C1OC(c2ccc(O)cc2)(c2ccc(O)cc2)c2ccccc21. The van der Waals surface area contributed by atoms with Crippen molar-refractivity contribution in [3.63, 3.8) is 0 Å². The molecular formula is C48H44O8. The molecule has 2 heterocycles. The van der Waals surface area contributed by atoms with Crippen LogP contribution in [0.25, 0.3) is 0 Å². The van der Waals surface area contributed by atoms with E-state index >= 15 is 0 Å². The normalized spacial score (nSPS) is 14.8. The van der Waals surface area contributed by atoms with Crippen LogP contribution in [0.15, 0.2) is 121 Å². The van der Waals surface area contributed by atoms with Crippen LogP contribution in [0.4, 0.5) is 0 Å². The molecule has 0 amide bonds. The van der Waals surface area contributed by atoms with Crippen LogP contribution in [-0.2, 0) is 20.7 Å². The molecule has 0 bridgehead atoms. The Morgan fingerprint density at radius 3 is 1.21 bits per heavy atom. The minimum atomic E-state index is -1.17. The van der Waals surface area contributed by atoms with Gasteiger partial charge in [-0.05, 0) is 109 Å². The summed E-state index contributed by atoms with van der Waals surface area (Å²) in [7, 11) is 0. The van der Waals surface area contributed by atoms with E-state index in [1.54, 1.807) is 78.9 Å². The Hall–Kier alpha value is -6.54. The molecule has 8 heteroatoms. The van der Waals surface area contributed by atoms with Crippen LogP contribution in [0.3, 0.4) is 0 Å². The van der Waals surface area contributed by atoms with Gasteiger partial charge in [-0.1, -0.05) is 88.4 Å². The maximum atomic E-state index is 13.1. The maximum absolute atomic E-state index is 13.1. The first-order chi connectivity index (χ1) is 26.7. The molecule has 284 valence electrons. The summed E-state index contributed by atoms with van der Waals surface area (Å²) in [6, 6.07) is 35.3. The van der Waals surface area contributed by atoms with Gasteiger partial charge >= 0.3 is 11.9 Å². The van der Waals surface area contributed by atoms with Crippen molar-refractivity contribution >= 4 is 11.9 Å². The lowest BCUT2D eigenvalue weighted by Crippen LogP contribution is -2.32. The van der Waals surface area contributed by atoms with Crippen molar-refractivity contribution in [1.29, 1.82) is 0 Å². The van der Waals surface area contributed by atoms with Crippen molar-refractivity contribution in [2.45, 2.75) is 64.6 Å². The van der Waals surface area contributed by atoms with Gasteiger partial charge in [-0.3, -0.25) is 0 Å². The molecule has 6 aromatic carbocycles. The molecule has 0 aliphatic carbocycles. The summed E-state index contributed by atoms with van der Waals surface area (Å²) in [5, 5.41) is 40.4. The number of benzene rings is 6. The molecule has 6 aromatic rings. The van der Waals surface area contributed by atoms with Gasteiger partial charge in [0.2, 0.25) is 0 Å². The number of aryl methyl sites for hydroxylation is 2. The lowest BCUT2D eigenvalue weighted by molar-refractivity contribution is 0.0240. The van der Waals surface area contributed by atoms with Gasteiger partial charge in [0.1, 0.15) is 23.0 Å². The number of fused-ring (bicyclic) bond motifs is 2. The highest BCUT2D eigenvalue weighted by atomic mass is 16.6. The Balaban J connectivity index is 0.000000178. The second kappa shape index (κ2) is 14.3. The zero-order valence-corrected chi connectivity index (χ0v) is 32.1. The van der Waals surface area contributed by atoms with Crippen molar-refractivity contribution in [3.8, 4) is 23.0 Å². The van der Waals surface area contributed by atoms with Gasteiger partial charge in [0.15, 0.2) is 11.2 Å². The van der Waals surface area contributed by atoms with E-state index in [-0.39, 0.29) is 40.8 Å². The molecule has 4 N–H and O–H groups in total. The Morgan fingerprint density at radius 1 is 0.464 bits per heavy atom. The highest BCUT2D eigenvalue weighted by Gasteiger charge is 2.51. The summed E-state index contributed by atoms with van der Waals surface area (Å²) < 4.78 is 12.2. The van der Waals surface area contributed by atoms with Gasteiger partial charge in [-0.2, -0.15) is 0 Å².